The highest BCUT2D eigenvalue weighted by atomic mass is 32.2. The number of nitrogens with one attached hydrogen (secondary N) is 3. The average molecular weight is 497 g/mol. The van der Waals surface area contributed by atoms with E-state index in [1.165, 1.54) is 18.3 Å². The van der Waals surface area contributed by atoms with E-state index in [1.807, 2.05) is 12.1 Å². The molecule has 0 atom stereocenters. The molecule has 0 bridgehead atoms. The number of sulfone groups is 1. The smallest absolute Gasteiger partial charge is 0.243 e. The maximum atomic E-state index is 12.3. The fraction of sp³-hybridized carbons (Fsp3) is 0.250. The van der Waals surface area contributed by atoms with Crippen LogP contribution in [0.4, 0.5) is 5.82 Å². The Bertz CT molecular complexity index is 1310. The summed E-state index contributed by atoms with van der Waals surface area (Å²) in [6, 6.07) is 13.3. The fourth-order valence-electron chi connectivity index (χ4n) is 3.09. The summed E-state index contributed by atoms with van der Waals surface area (Å²) < 4.78 is 30.1. The average Bonchev–Trinajstić information content (AvgIpc) is 2.84. The van der Waals surface area contributed by atoms with E-state index in [4.69, 9.17) is 26.4 Å². The van der Waals surface area contributed by atoms with Gasteiger partial charge in [-0.1, -0.05) is 24.3 Å². The topological polar surface area (TPSA) is 175 Å². The summed E-state index contributed by atoms with van der Waals surface area (Å²) in [6.07, 6.45) is 1.42. The predicted octanol–water partition coefficient (Wildman–Crippen LogP) is 2.36. The highest BCUT2D eigenvalue weighted by molar-refractivity contribution is 7.92. The summed E-state index contributed by atoms with van der Waals surface area (Å²) in [7, 11) is -3.40. The third-order valence-electron chi connectivity index (χ3n) is 5.15. The standard InChI is InChI=1S/C24H28N6O4S/c1-15(2)35(32,33)19-9-7-17(8-10-19)20-14-29-22(25)21(30-20)24(27)34-23(26)18-5-3-16(4-6-18)13-28-11-12-31/h3-10,14-15,26-28,31H,11-13H2,1-2H3,(H2,25,29). The van der Waals surface area contributed by atoms with Crippen molar-refractivity contribution < 1.29 is 18.3 Å². The second-order valence-corrected chi connectivity index (χ2v) is 10.5. The second-order valence-electron chi connectivity index (χ2n) is 7.96. The van der Waals surface area contributed by atoms with Crippen LogP contribution in [0.2, 0.25) is 0 Å². The van der Waals surface area contributed by atoms with Gasteiger partial charge in [0.05, 0.1) is 28.6 Å². The van der Waals surface area contributed by atoms with Gasteiger partial charge >= 0.3 is 0 Å². The maximum Gasteiger partial charge on any atom is 0.243 e. The van der Waals surface area contributed by atoms with Crippen LogP contribution in [0.15, 0.2) is 59.6 Å². The van der Waals surface area contributed by atoms with E-state index in [0.29, 0.717) is 29.9 Å². The second kappa shape index (κ2) is 11.2. The summed E-state index contributed by atoms with van der Waals surface area (Å²) >= 11 is 0. The lowest BCUT2D eigenvalue weighted by Crippen LogP contribution is -2.18. The Labute approximate surface area is 204 Å². The Kier molecular flexibility index (Phi) is 8.28. The van der Waals surface area contributed by atoms with Crippen LogP contribution < -0.4 is 11.1 Å². The molecule has 0 saturated carbocycles. The van der Waals surface area contributed by atoms with Gasteiger partial charge in [0.15, 0.2) is 21.3 Å². The molecule has 0 spiro atoms. The van der Waals surface area contributed by atoms with Crippen LogP contribution in [0, 0.1) is 10.8 Å². The first-order chi connectivity index (χ1) is 16.6. The molecule has 1 heterocycles. The molecule has 0 fully saturated rings. The van der Waals surface area contributed by atoms with E-state index in [1.54, 1.807) is 38.1 Å². The van der Waals surface area contributed by atoms with Gasteiger partial charge in [0.2, 0.25) is 11.8 Å². The van der Waals surface area contributed by atoms with Crippen LogP contribution in [0.5, 0.6) is 0 Å². The van der Waals surface area contributed by atoms with Crippen LogP contribution in [0.1, 0.15) is 30.7 Å². The lowest BCUT2D eigenvalue weighted by atomic mass is 10.1. The zero-order valence-corrected chi connectivity index (χ0v) is 20.3. The van der Waals surface area contributed by atoms with Crippen molar-refractivity contribution in [2.24, 2.45) is 0 Å². The Hall–Kier alpha value is -3.67. The molecule has 3 aromatic rings. The van der Waals surface area contributed by atoms with Crippen LogP contribution in [0.25, 0.3) is 11.3 Å². The summed E-state index contributed by atoms with van der Waals surface area (Å²) in [5.74, 6) is -0.717. The van der Waals surface area contributed by atoms with Crippen LogP contribution in [0.3, 0.4) is 0 Å². The van der Waals surface area contributed by atoms with E-state index >= 15 is 0 Å². The molecule has 1 aromatic heterocycles. The van der Waals surface area contributed by atoms with Crippen molar-refractivity contribution in [3.63, 3.8) is 0 Å². The number of nitrogen functional groups attached to an aromatic ring is 1. The van der Waals surface area contributed by atoms with E-state index in [9.17, 15) is 8.42 Å². The molecule has 10 nitrogen and oxygen atoms in total. The molecular weight excluding hydrogens is 468 g/mol. The number of rotatable bonds is 9. The van der Waals surface area contributed by atoms with Crippen molar-refractivity contribution in [2.45, 2.75) is 30.5 Å². The van der Waals surface area contributed by atoms with Gasteiger partial charge in [-0.25, -0.2) is 18.4 Å². The number of nitrogens with zero attached hydrogens (tertiary/aromatic N) is 2. The molecule has 11 heteroatoms. The number of anilines is 1. The zero-order valence-electron chi connectivity index (χ0n) is 19.4. The summed E-state index contributed by atoms with van der Waals surface area (Å²) in [6.45, 7) is 4.36. The van der Waals surface area contributed by atoms with Gasteiger partial charge in [-0.15, -0.1) is 0 Å². The number of benzene rings is 2. The fourth-order valence-corrected chi connectivity index (χ4v) is 4.15. The predicted molar refractivity (Wildman–Crippen MR) is 134 cm³/mol. The number of ether oxygens (including phenoxy) is 1. The van der Waals surface area contributed by atoms with E-state index in [0.717, 1.165) is 5.56 Å². The molecule has 6 N–H and O–H groups in total. The van der Waals surface area contributed by atoms with E-state index in [-0.39, 0.29) is 28.9 Å². The number of hydrogen-bond donors (Lipinski definition) is 5. The third-order valence-corrected chi connectivity index (χ3v) is 7.32. The third kappa shape index (κ3) is 6.27. The Balaban J connectivity index is 1.75. The van der Waals surface area contributed by atoms with Crippen LogP contribution in [-0.4, -0.2) is 53.7 Å². The molecular formula is C24H28N6O4S. The van der Waals surface area contributed by atoms with Crippen molar-refractivity contribution in [2.75, 3.05) is 18.9 Å². The number of aromatic nitrogens is 2. The molecule has 0 radical (unpaired) electrons. The van der Waals surface area contributed by atoms with E-state index in [2.05, 4.69) is 15.3 Å². The molecule has 0 aliphatic carbocycles. The SMILES string of the molecule is CC(C)S(=O)(=O)c1ccc(-c2cnc(N)c(C(=N)OC(=N)c3ccc(CNCCO)cc3)n2)cc1. The minimum absolute atomic E-state index is 0.0315. The van der Waals surface area contributed by atoms with Gasteiger partial charge in [0.25, 0.3) is 0 Å². The minimum atomic E-state index is -3.40. The molecule has 0 unspecified atom stereocenters. The van der Waals surface area contributed by atoms with Crippen molar-refractivity contribution in [3.8, 4) is 11.3 Å². The Morgan fingerprint density at radius 2 is 1.74 bits per heavy atom. The van der Waals surface area contributed by atoms with Gasteiger partial charge in [-0.05, 0) is 43.7 Å². The van der Waals surface area contributed by atoms with Gasteiger partial charge in [0, 0.05) is 24.2 Å². The largest absolute Gasteiger partial charge is 0.419 e. The number of aliphatic hydroxyl groups is 1. The summed E-state index contributed by atoms with van der Waals surface area (Å²) in [4.78, 5) is 8.65. The lowest BCUT2D eigenvalue weighted by molar-refractivity contribution is 0.292. The maximum absolute atomic E-state index is 12.3. The van der Waals surface area contributed by atoms with Crippen molar-refractivity contribution in [1.82, 2.24) is 15.3 Å². The molecule has 0 aliphatic rings. The van der Waals surface area contributed by atoms with Gasteiger partial charge in [-0.2, -0.15) is 0 Å². The van der Waals surface area contributed by atoms with E-state index < -0.39 is 21.0 Å². The normalized spacial score (nSPS) is 11.4. The molecule has 0 amide bonds. The minimum Gasteiger partial charge on any atom is -0.419 e. The van der Waals surface area contributed by atoms with Gasteiger partial charge in [0.1, 0.15) is 0 Å². The zero-order chi connectivity index (χ0) is 25.6. The molecule has 3 rings (SSSR count). The monoisotopic (exact) mass is 496 g/mol. The Morgan fingerprint density at radius 3 is 2.34 bits per heavy atom. The Morgan fingerprint density at radius 1 is 1.09 bits per heavy atom. The molecule has 184 valence electrons. The van der Waals surface area contributed by atoms with Crippen LogP contribution in [-0.2, 0) is 21.1 Å². The highest BCUT2D eigenvalue weighted by Gasteiger charge is 2.20. The number of nitrogens with two attached hydrogens (primary N) is 1. The van der Waals surface area contributed by atoms with Crippen molar-refractivity contribution >= 4 is 27.5 Å². The highest BCUT2D eigenvalue weighted by Crippen LogP contribution is 2.23. The summed E-state index contributed by atoms with van der Waals surface area (Å²) in [5.41, 5.74) is 8.28. The molecule has 35 heavy (non-hydrogen) atoms. The first-order valence-electron chi connectivity index (χ1n) is 10.9. The number of aliphatic hydroxyl groups excluding tert-OH is 1. The van der Waals surface area contributed by atoms with Crippen molar-refractivity contribution in [3.05, 3.63) is 71.5 Å². The first kappa shape index (κ1) is 25.9. The molecule has 2 aromatic carbocycles. The lowest BCUT2D eigenvalue weighted by Gasteiger charge is -2.12. The first-order valence-corrected chi connectivity index (χ1v) is 12.4. The summed E-state index contributed by atoms with van der Waals surface area (Å²) in [5, 5.41) is 27.8. The van der Waals surface area contributed by atoms with Gasteiger partial charge < -0.3 is 20.9 Å². The molecule has 0 aliphatic heterocycles. The van der Waals surface area contributed by atoms with Gasteiger partial charge in [-0.3, -0.25) is 10.8 Å². The number of hydrogen-bond acceptors (Lipinski definition) is 10. The van der Waals surface area contributed by atoms with Crippen molar-refractivity contribution in [1.29, 1.82) is 10.8 Å². The van der Waals surface area contributed by atoms with Crippen LogP contribution >= 0.6 is 0 Å². The quantitative estimate of drug-likeness (QED) is 0.170. The molecule has 0 saturated heterocycles.